The second kappa shape index (κ2) is 67.1. The molecule has 0 aliphatic rings. The lowest BCUT2D eigenvalue weighted by Crippen LogP contribution is -2.30. The van der Waals surface area contributed by atoms with Crippen LogP contribution in [0.4, 0.5) is 0 Å². The number of hydrogen-bond donors (Lipinski definition) is 0. The molecule has 1 atom stereocenters. The van der Waals surface area contributed by atoms with Crippen LogP contribution in [0.2, 0.25) is 0 Å². The zero-order chi connectivity index (χ0) is 57.1. The van der Waals surface area contributed by atoms with Gasteiger partial charge in [0.05, 0.1) is 0 Å². The Morgan fingerprint density at radius 2 is 0.494 bits per heavy atom. The van der Waals surface area contributed by atoms with Gasteiger partial charge in [0.2, 0.25) is 0 Å². The Balaban J connectivity index is 4.01. The summed E-state index contributed by atoms with van der Waals surface area (Å²) in [5.41, 5.74) is 0. The fourth-order valence-electron chi connectivity index (χ4n) is 9.80. The van der Waals surface area contributed by atoms with E-state index in [9.17, 15) is 14.4 Å². The van der Waals surface area contributed by atoms with Crippen molar-refractivity contribution in [3.63, 3.8) is 0 Å². The molecule has 0 amide bonds. The number of esters is 3. The quantitative estimate of drug-likeness (QED) is 0.0261. The predicted octanol–water partition coefficient (Wildman–Crippen LogP) is 23.4. The molecule has 0 aliphatic carbocycles. The molecule has 0 aromatic heterocycles. The molecule has 0 aromatic rings. The summed E-state index contributed by atoms with van der Waals surface area (Å²) < 4.78 is 16.8. The van der Waals surface area contributed by atoms with Crippen molar-refractivity contribution in [2.24, 2.45) is 0 Å². The van der Waals surface area contributed by atoms with Crippen molar-refractivity contribution < 1.29 is 28.6 Å². The van der Waals surface area contributed by atoms with Crippen molar-refractivity contribution >= 4 is 17.9 Å². The second-order valence-electron chi connectivity index (χ2n) is 22.7. The number of carbonyl (C=O) groups excluding carboxylic acids is 3. The van der Waals surface area contributed by atoms with Crippen LogP contribution in [0.25, 0.3) is 0 Å². The zero-order valence-electron chi connectivity index (χ0n) is 52.4. The van der Waals surface area contributed by atoms with E-state index < -0.39 is 6.10 Å². The van der Waals surface area contributed by atoms with Gasteiger partial charge in [-0.05, 0) is 96.3 Å². The van der Waals surface area contributed by atoms with E-state index in [4.69, 9.17) is 14.2 Å². The normalized spacial score (nSPS) is 12.6. The molecule has 1 unspecified atom stereocenters. The molecule has 0 spiro atoms. The molecular formula is C73H128O6. The van der Waals surface area contributed by atoms with Crippen LogP contribution in [0, 0.1) is 0 Å². The van der Waals surface area contributed by atoms with E-state index in [-0.39, 0.29) is 31.1 Å². The molecule has 0 radical (unpaired) electrons. The molecular weight excluding hydrogens is 973 g/mol. The van der Waals surface area contributed by atoms with Gasteiger partial charge in [-0.3, -0.25) is 14.4 Å². The lowest BCUT2D eigenvalue weighted by Gasteiger charge is -2.18. The van der Waals surface area contributed by atoms with Crippen LogP contribution in [0.1, 0.15) is 342 Å². The highest BCUT2D eigenvalue weighted by Gasteiger charge is 2.19. The smallest absolute Gasteiger partial charge is 0.306 e. The van der Waals surface area contributed by atoms with Crippen molar-refractivity contribution in [1.82, 2.24) is 0 Å². The second-order valence-corrected chi connectivity index (χ2v) is 22.7. The summed E-state index contributed by atoms with van der Waals surface area (Å²) in [6, 6.07) is 0. The van der Waals surface area contributed by atoms with Crippen LogP contribution < -0.4 is 0 Å². The highest BCUT2D eigenvalue weighted by molar-refractivity contribution is 5.71. The zero-order valence-corrected chi connectivity index (χ0v) is 52.4. The average molecular weight is 1100 g/mol. The Morgan fingerprint density at radius 3 is 0.785 bits per heavy atom. The molecule has 456 valence electrons. The van der Waals surface area contributed by atoms with E-state index in [1.54, 1.807) is 0 Å². The minimum absolute atomic E-state index is 0.0772. The molecule has 0 fully saturated rings. The summed E-state index contributed by atoms with van der Waals surface area (Å²) >= 11 is 0. The predicted molar refractivity (Wildman–Crippen MR) is 344 cm³/mol. The van der Waals surface area contributed by atoms with Crippen molar-refractivity contribution in [1.29, 1.82) is 0 Å². The Hall–Kier alpha value is -3.41. The Labute approximate surface area is 490 Å². The Kier molecular flexibility index (Phi) is 64.2. The molecule has 6 nitrogen and oxygen atoms in total. The third kappa shape index (κ3) is 65.3. The number of unbranched alkanes of at least 4 members (excludes halogenated alkanes) is 37. The van der Waals surface area contributed by atoms with Crippen molar-refractivity contribution in [2.75, 3.05) is 13.2 Å². The van der Waals surface area contributed by atoms with Gasteiger partial charge in [0, 0.05) is 19.3 Å². The van der Waals surface area contributed by atoms with E-state index in [0.29, 0.717) is 19.3 Å². The molecule has 0 rings (SSSR count). The summed E-state index contributed by atoms with van der Waals surface area (Å²) in [6.45, 7) is 6.47. The van der Waals surface area contributed by atoms with Gasteiger partial charge in [-0.2, -0.15) is 0 Å². The molecule has 0 bridgehead atoms. The van der Waals surface area contributed by atoms with Crippen LogP contribution in [0.15, 0.2) is 85.1 Å². The molecule has 0 aromatic carbocycles. The van der Waals surface area contributed by atoms with Gasteiger partial charge < -0.3 is 14.2 Å². The van der Waals surface area contributed by atoms with Crippen LogP contribution in [0.5, 0.6) is 0 Å². The third-order valence-corrected chi connectivity index (χ3v) is 14.9. The molecule has 0 heterocycles. The largest absolute Gasteiger partial charge is 0.462 e. The Morgan fingerprint density at radius 1 is 0.266 bits per heavy atom. The van der Waals surface area contributed by atoms with Gasteiger partial charge in [-0.15, -0.1) is 0 Å². The van der Waals surface area contributed by atoms with E-state index in [0.717, 1.165) is 109 Å². The van der Waals surface area contributed by atoms with Gasteiger partial charge in [0.1, 0.15) is 13.2 Å². The van der Waals surface area contributed by atoms with Crippen LogP contribution in [-0.2, 0) is 28.6 Å². The average Bonchev–Trinajstić information content (AvgIpc) is 3.45. The summed E-state index contributed by atoms with van der Waals surface area (Å²) in [7, 11) is 0. The first-order chi connectivity index (χ1) is 39.0. The first-order valence-corrected chi connectivity index (χ1v) is 34.1. The van der Waals surface area contributed by atoms with Gasteiger partial charge in [-0.25, -0.2) is 0 Å². The van der Waals surface area contributed by atoms with Crippen molar-refractivity contribution in [3.05, 3.63) is 85.1 Å². The lowest BCUT2D eigenvalue weighted by atomic mass is 10.0. The van der Waals surface area contributed by atoms with Gasteiger partial charge in [-0.1, -0.05) is 311 Å². The summed E-state index contributed by atoms with van der Waals surface area (Å²) in [5.74, 6) is -0.887. The lowest BCUT2D eigenvalue weighted by molar-refractivity contribution is -0.167. The highest BCUT2D eigenvalue weighted by Crippen LogP contribution is 2.17. The number of rotatable bonds is 62. The van der Waals surface area contributed by atoms with Crippen molar-refractivity contribution in [3.8, 4) is 0 Å². The summed E-state index contributed by atoms with van der Waals surface area (Å²) in [4.78, 5) is 38.0. The molecule has 79 heavy (non-hydrogen) atoms. The first-order valence-electron chi connectivity index (χ1n) is 34.1. The van der Waals surface area contributed by atoms with Crippen LogP contribution in [0.3, 0.4) is 0 Å². The summed E-state index contributed by atoms with van der Waals surface area (Å²) in [6.07, 6.45) is 89.5. The standard InChI is InChI=1S/C73H128O6/c1-4-7-10-13-15-17-19-21-23-25-27-29-31-33-35-36-38-39-41-43-45-47-49-51-53-55-57-60-63-66-72(75)78-69-70(68-77-71(74)65-62-59-12-9-6-3)79-73(76)67-64-61-58-56-54-52-50-48-46-44-42-40-37-34-32-30-28-26-24-22-20-18-16-14-11-8-5-2/h8,11,16,18,22,24-25,27-28,30,34,37,42,44,70H,4-7,9-10,12-15,17,19-21,23,26,29,31-33,35-36,38-41,43,45-69H2,1-3H3/b11-8-,18-16-,24-22-,27-25-,30-28-,37-34-,44-42-. The minimum Gasteiger partial charge on any atom is -0.462 e. The fourth-order valence-corrected chi connectivity index (χ4v) is 9.80. The Bertz CT molecular complexity index is 1500. The maximum absolute atomic E-state index is 12.8. The van der Waals surface area contributed by atoms with E-state index in [1.165, 1.54) is 193 Å². The monoisotopic (exact) mass is 1100 g/mol. The van der Waals surface area contributed by atoms with E-state index in [1.807, 2.05) is 0 Å². The van der Waals surface area contributed by atoms with E-state index >= 15 is 0 Å². The summed E-state index contributed by atoms with van der Waals surface area (Å²) in [5, 5.41) is 0. The van der Waals surface area contributed by atoms with Crippen LogP contribution in [-0.4, -0.2) is 37.2 Å². The van der Waals surface area contributed by atoms with Gasteiger partial charge >= 0.3 is 17.9 Å². The number of allylic oxidation sites excluding steroid dienone is 14. The topological polar surface area (TPSA) is 78.9 Å². The fraction of sp³-hybridized carbons (Fsp3) is 0.767. The number of ether oxygens (including phenoxy) is 3. The minimum atomic E-state index is -0.778. The number of hydrogen-bond acceptors (Lipinski definition) is 6. The maximum Gasteiger partial charge on any atom is 0.306 e. The van der Waals surface area contributed by atoms with Gasteiger partial charge in [0.15, 0.2) is 6.10 Å². The first kappa shape index (κ1) is 75.6. The van der Waals surface area contributed by atoms with Gasteiger partial charge in [0.25, 0.3) is 0 Å². The molecule has 0 aliphatic heterocycles. The van der Waals surface area contributed by atoms with E-state index in [2.05, 4.69) is 106 Å². The van der Waals surface area contributed by atoms with Crippen LogP contribution >= 0.6 is 0 Å². The molecule has 6 heteroatoms. The SMILES string of the molecule is CC/C=C\C/C=C\C/C=C\C/C=C\C/C=C\C/C=C\CCCCCCCCCCC(=O)OC(COC(=O)CCCCCCC)COC(=O)CCCCCCCCCCCCCCCCCCC/C=C\CCCCCCCCCC. The molecule has 0 saturated heterocycles. The highest BCUT2D eigenvalue weighted by atomic mass is 16.6. The third-order valence-electron chi connectivity index (χ3n) is 14.9. The maximum atomic E-state index is 12.8. The molecule has 0 saturated carbocycles. The molecule has 0 N–H and O–H groups in total. The van der Waals surface area contributed by atoms with Crippen molar-refractivity contribution in [2.45, 2.75) is 348 Å². The number of carbonyl (C=O) groups is 3.